The van der Waals surface area contributed by atoms with Crippen LogP contribution in [0.25, 0.3) is 21.9 Å². The quantitative estimate of drug-likeness (QED) is 0.204. The van der Waals surface area contributed by atoms with Crippen LogP contribution in [0.15, 0.2) is 138 Å². The molecule has 0 fully saturated rings. The molecule has 2 aliphatic rings. The first-order valence-electron chi connectivity index (χ1n) is 15.1. The fraction of sp³-hybridized carbons (Fsp3) is 0.0769. The molecule has 6 aromatic carbocycles. The first-order valence-corrected chi connectivity index (χ1v) is 15.1. The van der Waals surface area contributed by atoms with Gasteiger partial charge in [-0.25, -0.2) is 0 Å². The van der Waals surface area contributed by atoms with Crippen molar-refractivity contribution in [3.05, 3.63) is 139 Å². The molecule has 0 atom stereocenters. The number of para-hydroxylation sites is 4. The Hall–Kier alpha value is -5.22. The van der Waals surface area contributed by atoms with Crippen molar-refractivity contribution < 1.29 is 4.42 Å². The maximum atomic E-state index is 6.39. The van der Waals surface area contributed by atoms with Gasteiger partial charge in [0.05, 0.1) is 0 Å². The minimum atomic E-state index is 0.129. The summed E-state index contributed by atoms with van der Waals surface area (Å²) in [6, 6.07) is 48.5. The molecule has 3 heterocycles. The summed E-state index contributed by atoms with van der Waals surface area (Å²) in [7, 11) is 0. The largest absolute Gasteiger partial charge is 0.456 e. The smallest absolute Gasteiger partial charge is 0.252 e. The molecule has 0 saturated heterocycles. The Morgan fingerprint density at radius 1 is 0.512 bits per heavy atom. The predicted molar refractivity (Wildman–Crippen MR) is 182 cm³/mol. The van der Waals surface area contributed by atoms with Crippen molar-refractivity contribution in [3.63, 3.8) is 0 Å². The predicted octanol–water partition coefficient (Wildman–Crippen LogP) is 8.79. The zero-order chi connectivity index (χ0) is 28.7. The Morgan fingerprint density at radius 3 is 1.79 bits per heavy atom. The Kier molecular flexibility index (Phi) is 5.19. The second-order valence-corrected chi connectivity index (χ2v) is 12.0. The molecule has 0 unspecified atom stereocenters. The number of anilines is 6. The van der Waals surface area contributed by atoms with Gasteiger partial charge in [0.25, 0.3) is 6.71 Å². The van der Waals surface area contributed by atoms with E-state index in [4.69, 9.17) is 4.42 Å². The fourth-order valence-corrected chi connectivity index (χ4v) is 7.24. The number of nitrogens with zero attached hydrogens (tertiary/aromatic N) is 2. The summed E-state index contributed by atoms with van der Waals surface area (Å²) in [6.45, 7) is 4.71. The Labute approximate surface area is 251 Å². The topological polar surface area (TPSA) is 19.6 Å². The van der Waals surface area contributed by atoms with Gasteiger partial charge in [0.15, 0.2) is 0 Å². The summed E-state index contributed by atoms with van der Waals surface area (Å²) in [4.78, 5) is 4.92. The molecule has 7 aromatic rings. The number of rotatable bonds is 3. The monoisotopic (exact) mass is 552 g/mol. The van der Waals surface area contributed by atoms with Crippen molar-refractivity contribution in [1.29, 1.82) is 0 Å². The summed E-state index contributed by atoms with van der Waals surface area (Å²) in [5, 5.41) is 2.29. The van der Waals surface area contributed by atoms with Gasteiger partial charge in [0.1, 0.15) is 11.2 Å². The molecule has 0 radical (unpaired) electrons. The summed E-state index contributed by atoms with van der Waals surface area (Å²) in [6.07, 6.45) is 0. The summed E-state index contributed by atoms with van der Waals surface area (Å²) < 4.78 is 6.39. The van der Waals surface area contributed by atoms with Crippen molar-refractivity contribution in [3.8, 4) is 0 Å². The van der Waals surface area contributed by atoms with Crippen molar-refractivity contribution >= 4 is 79.2 Å². The third-order valence-corrected chi connectivity index (χ3v) is 9.21. The lowest BCUT2D eigenvalue weighted by Gasteiger charge is -2.44. The highest BCUT2D eigenvalue weighted by atomic mass is 16.3. The van der Waals surface area contributed by atoms with E-state index in [9.17, 15) is 0 Å². The minimum Gasteiger partial charge on any atom is -0.456 e. The molecule has 9 rings (SSSR count). The molecular formula is C39H29BN2O. The Bertz CT molecular complexity index is 2200. The number of hydrogen-bond acceptors (Lipinski definition) is 3. The summed E-state index contributed by atoms with van der Waals surface area (Å²) in [5.74, 6) is 0.367. The van der Waals surface area contributed by atoms with Gasteiger partial charge < -0.3 is 14.2 Å². The van der Waals surface area contributed by atoms with Gasteiger partial charge in [-0.2, -0.15) is 0 Å². The van der Waals surface area contributed by atoms with Crippen molar-refractivity contribution in [2.24, 2.45) is 0 Å². The zero-order valence-corrected chi connectivity index (χ0v) is 24.2. The van der Waals surface area contributed by atoms with Gasteiger partial charge >= 0.3 is 0 Å². The van der Waals surface area contributed by atoms with Gasteiger partial charge in [-0.1, -0.05) is 86.6 Å². The third kappa shape index (κ3) is 3.50. The van der Waals surface area contributed by atoms with Crippen LogP contribution in [0.3, 0.4) is 0 Å². The second kappa shape index (κ2) is 9.14. The van der Waals surface area contributed by atoms with Crippen LogP contribution < -0.4 is 26.2 Å². The van der Waals surface area contributed by atoms with Crippen molar-refractivity contribution in [1.82, 2.24) is 0 Å². The molecule has 3 nitrogen and oxygen atoms in total. The lowest BCUT2D eigenvalue weighted by molar-refractivity contribution is 0.669. The highest BCUT2D eigenvalue weighted by molar-refractivity contribution is 7.00. The zero-order valence-electron chi connectivity index (χ0n) is 24.2. The Balaban J connectivity index is 1.37. The molecule has 0 N–H and O–H groups in total. The van der Waals surface area contributed by atoms with Crippen LogP contribution in [0.1, 0.15) is 25.3 Å². The maximum Gasteiger partial charge on any atom is 0.252 e. The summed E-state index contributed by atoms with van der Waals surface area (Å²) >= 11 is 0. The average molecular weight is 552 g/mol. The SMILES string of the molecule is CC(C)c1cc2c3c(c1)N(c1ccc4c(c1)oc1ccccc14)c1ccccc1B3c1ccccc1N2c1ccccc1. The highest BCUT2D eigenvalue weighted by Gasteiger charge is 2.43. The number of furan rings is 1. The van der Waals surface area contributed by atoms with E-state index in [-0.39, 0.29) is 6.71 Å². The van der Waals surface area contributed by atoms with E-state index in [1.54, 1.807) is 0 Å². The molecule has 0 bridgehead atoms. The van der Waals surface area contributed by atoms with Crippen LogP contribution >= 0.6 is 0 Å². The lowest BCUT2D eigenvalue weighted by atomic mass is 9.33. The normalized spacial score (nSPS) is 13.4. The molecule has 1 aromatic heterocycles. The van der Waals surface area contributed by atoms with E-state index in [1.807, 2.05) is 12.1 Å². The number of benzene rings is 6. The first kappa shape index (κ1) is 24.4. The van der Waals surface area contributed by atoms with Crippen molar-refractivity contribution in [2.75, 3.05) is 9.80 Å². The van der Waals surface area contributed by atoms with Crippen LogP contribution in [0, 0.1) is 0 Å². The number of hydrogen-bond donors (Lipinski definition) is 0. The lowest BCUT2D eigenvalue weighted by Crippen LogP contribution is -2.61. The summed E-state index contributed by atoms with van der Waals surface area (Å²) in [5.41, 5.74) is 14.3. The third-order valence-electron chi connectivity index (χ3n) is 9.21. The van der Waals surface area contributed by atoms with E-state index in [0.717, 1.165) is 27.6 Å². The fourth-order valence-electron chi connectivity index (χ4n) is 7.24. The molecule has 4 heteroatoms. The van der Waals surface area contributed by atoms with Gasteiger partial charge in [0, 0.05) is 51.0 Å². The van der Waals surface area contributed by atoms with Gasteiger partial charge in [-0.3, -0.25) is 0 Å². The minimum absolute atomic E-state index is 0.129. The standard InChI is InChI=1S/C39H29BN2O/c1-25(2)26-22-35-39-36(23-26)42(28-20-21-30-29-14-6-11-19-37(29)43-38(30)24-28)34-18-10-8-16-32(34)40(39)31-15-7-9-17-33(31)41(35)27-12-4-3-5-13-27/h3-25H,1-2H3. The molecular weight excluding hydrogens is 523 g/mol. The van der Waals surface area contributed by atoms with Gasteiger partial charge in [-0.05, 0) is 82.5 Å². The second-order valence-electron chi connectivity index (χ2n) is 12.0. The van der Waals surface area contributed by atoms with Crippen LogP contribution in [0.4, 0.5) is 34.1 Å². The molecule has 0 aliphatic carbocycles. The van der Waals surface area contributed by atoms with E-state index in [0.29, 0.717) is 5.92 Å². The molecule has 43 heavy (non-hydrogen) atoms. The van der Waals surface area contributed by atoms with Crippen LogP contribution in [0.5, 0.6) is 0 Å². The molecule has 204 valence electrons. The van der Waals surface area contributed by atoms with Crippen LogP contribution in [0.2, 0.25) is 0 Å². The molecule has 0 saturated carbocycles. The van der Waals surface area contributed by atoms with Gasteiger partial charge in [0.2, 0.25) is 0 Å². The van der Waals surface area contributed by atoms with E-state index >= 15 is 0 Å². The van der Waals surface area contributed by atoms with E-state index in [2.05, 4.69) is 145 Å². The van der Waals surface area contributed by atoms with Crippen LogP contribution in [-0.2, 0) is 0 Å². The van der Waals surface area contributed by atoms with E-state index in [1.165, 1.54) is 50.4 Å². The first-order chi connectivity index (χ1) is 21.2. The van der Waals surface area contributed by atoms with Gasteiger partial charge in [-0.15, -0.1) is 0 Å². The molecule has 0 amide bonds. The molecule has 0 spiro atoms. The molecule has 2 aliphatic heterocycles. The Morgan fingerprint density at radius 2 is 1.09 bits per heavy atom. The maximum absolute atomic E-state index is 6.39. The average Bonchev–Trinajstić information content (AvgIpc) is 3.42. The highest BCUT2D eigenvalue weighted by Crippen LogP contribution is 2.46. The van der Waals surface area contributed by atoms with Crippen molar-refractivity contribution in [2.45, 2.75) is 19.8 Å². The van der Waals surface area contributed by atoms with E-state index < -0.39 is 0 Å². The van der Waals surface area contributed by atoms with Crippen LogP contribution in [-0.4, -0.2) is 6.71 Å². The number of fused-ring (bicyclic) bond motifs is 7.